The van der Waals surface area contributed by atoms with Crippen LogP contribution in [0.25, 0.3) is 10.2 Å². The molecule has 1 amide bonds. The average molecular weight is 369 g/mol. The molecule has 0 spiro atoms. The lowest BCUT2D eigenvalue weighted by atomic mass is 10.1. The molecular weight excluding hydrogens is 350 g/mol. The molecule has 1 aliphatic heterocycles. The first-order valence-corrected chi connectivity index (χ1v) is 9.37. The Bertz CT molecular complexity index is 886. The van der Waals surface area contributed by atoms with Crippen LogP contribution in [-0.2, 0) is 0 Å². The third-order valence-electron chi connectivity index (χ3n) is 4.47. The molecule has 1 fully saturated rings. The van der Waals surface area contributed by atoms with E-state index in [4.69, 9.17) is 9.47 Å². The summed E-state index contributed by atoms with van der Waals surface area (Å²) in [7, 11) is 1.52. The summed E-state index contributed by atoms with van der Waals surface area (Å²) in [5.41, 5.74) is 1.46. The SMILES string of the molecule is COc1ncccc1C(=O)N1CCC(Oc2nc3ccccc3s2)CC1. The molecule has 0 radical (unpaired) electrons. The van der Waals surface area contributed by atoms with E-state index < -0.39 is 0 Å². The highest BCUT2D eigenvalue weighted by atomic mass is 32.1. The molecule has 1 aromatic carbocycles. The maximum Gasteiger partial charge on any atom is 0.274 e. The van der Waals surface area contributed by atoms with Crippen molar-refractivity contribution in [1.29, 1.82) is 0 Å². The van der Waals surface area contributed by atoms with Crippen molar-refractivity contribution in [2.75, 3.05) is 20.2 Å². The number of hydrogen-bond donors (Lipinski definition) is 0. The number of likely N-dealkylation sites (tertiary alicyclic amines) is 1. The first kappa shape index (κ1) is 16.8. The number of amides is 1. The number of hydrogen-bond acceptors (Lipinski definition) is 6. The van der Waals surface area contributed by atoms with Crippen molar-refractivity contribution in [3.05, 3.63) is 48.2 Å². The van der Waals surface area contributed by atoms with Gasteiger partial charge in [0.05, 0.1) is 17.3 Å². The highest BCUT2D eigenvalue weighted by Crippen LogP contribution is 2.30. The molecule has 26 heavy (non-hydrogen) atoms. The van der Waals surface area contributed by atoms with E-state index in [1.807, 2.05) is 29.2 Å². The zero-order chi connectivity index (χ0) is 17.9. The number of methoxy groups -OCH3 is 1. The maximum atomic E-state index is 12.7. The lowest BCUT2D eigenvalue weighted by Crippen LogP contribution is -2.41. The Kier molecular flexibility index (Phi) is 4.71. The van der Waals surface area contributed by atoms with Crippen molar-refractivity contribution in [2.45, 2.75) is 18.9 Å². The summed E-state index contributed by atoms with van der Waals surface area (Å²) in [6.07, 6.45) is 3.26. The summed E-state index contributed by atoms with van der Waals surface area (Å²) in [5, 5.41) is 0.699. The molecule has 6 nitrogen and oxygen atoms in total. The van der Waals surface area contributed by atoms with Gasteiger partial charge in [0.25, 0.3) is 11.1 Å². The highest BCUT2D eigenvalue weighted by molar-refractivity contribution is 7.20. The fourth-order valence-electron chi connectivity index (χ4n) is 3.11. The van der Waals surface area contributed by atoms with E-state index >= 15 is 0 Å². The lowest BCUT2D eigenvalue weighted by molar-refractivity contribution is 0.0592. The van der Waals surface area contributed by atoms with Gasteiger partial charge in [0, 0.05) is 32.1 Å². The Morgan fingerprint density at radius 1 is 1.19 bits per heavy atom. The number of fused-ring (bicyclic) bond motifs is 1. The van der Waals surface area contributed by atoms with Crippen LogP contribution < -0.4 is 9.47 Å². The standard InChI is InChI=1S/C19H19N3O3S/c1-24-17-14(5-4-10-20-17)18(23)22-11-8-13(9-12-22)25-19-21-15-6-2-3-7-16(15)26-19/h2-7,10,13H,8-9,11-12H2,1H3. The second-order valence-electron chi connectivity index (χ2n) is 6.12. The summed E-state index contributed by atoms with van der Waals surface area (Å²) >= 11 is 1.56. The third-order valence-corrected chi connectivity index (χ3v) is 5.39. The Balaban J connectivity index is 1.38. The molecule has 7 heteroatoms. The molecule has 4 rings (SSSR count). The Labute approximate surface area is 155 Å². The van der Waals surface area contributed by atoms with Gasteiger partial charge in [-0.05, 0) is 24.3 Å². The molecule has 2 aromatic heterocycles. The molecule has 0 N–H and O–H groups in total. The Hall–Kier alpha value is -2.67. The topological polar surface area (TPSA) is 64.5 Å². The van der Waals surface area contributed by atoms with Gasteiger partial charge in [-0.2, -0.15) is 0 Å². The van der Waals surface area contributed by atoms with Gasteiger partial charge in [-0.3, -0.25) is 4.79 Å². The van der Waals surface area contributed by atoms with E-state index in [1.54, 1.807) is 29.7 Å². The average Bonchev–Trinajstić information content (AvgIpc) is 3.10. The molecule has 3 aromatic rings. The summed E-state index contributed by atoms with van der Waals surface area (Å²) in [5.74, 6) is 0.318. The van der Waals surface area contributed by atoms with Gasteiger partial charge in [0.15, 0.2) is 0 Å². The van der Waals surface area contributed by atoms with E-state index in [9.17, 15) is 4.79 Å². The number of benzene rings is 1. The van der Waals surface area contributed by atoms with Gasteiger partial charge in [-0.25, -0.2) is 9.97 Å². The molecule has 0 saturated carbocycles. The highest BCUT2D eigenvalue weighted by Gasteiger charge is 2.27. The number of para-hydroxylation sites is 1. The maximum absolute atomic E-state index is 12.7. The first-order valence-electron chi connectivity index (χ1n) is 8.55. The quantitative estimate of drug-likeness (QED) is 0.705. The van der Waals surface area contributed by atoms with Gasteiger partial charge in [0.2, 0.25) is 5.88 Å². The predicted octanol–water partition coefficient (Wildman–Crippen LogP) is 3.38. The van der Waals surface area contributed by atoms with Crippen LogP contribution in [0, 0.1) is 0 Å². The normalized spacial score (nSPS) is 15.2. The number of piperidine rings is 1. The number of nitrogens with zero attached hydrogens (tertiary/aromatic N) is 3. The lowest BCUT2D eigenvalue weighted by Gasteiger charge is -2.31. The minimum Gasteiger partial charge on any atom is -0.480 e. The number of carbonyl (C=O) groups excluding carboxylic acids is 1. The van der Waals surface area contributed by atoms with Crippen molar-refractivity contribution in [2.24, 2.45) is 0 Å². The number of pyridine rings is 1. The number of ether oxygens (including phenoxy) is 2. The second-order valence-corrected chi connectivity index (χ2v) is 7.11. The molecule has 3 heterocycles. The van der Waals surface area contributed by atoms with Crippen LogP contribution in [0.2, 0.25) is 0 Å². The van der Waals surface area contributed by atoms with Crippen molar-refractivity contribution in [3.63, 3.8) is 0 Å². The summed E-state index contributed by atoms with van der Waals surface area (Å²) < 4.78 is 12.4. The monoisotopic (exact) mass is 369 g/mol. The molecule has 134 valence electrons. The number of thiazole rings is 1. The second kappa shape index (κ2) is 7.29. The molecule has 0 aliphatic carbocycles. The zero-order valence-corrected chi connectivity index (χ0v) is 15.2. The van der Waals surface area contributed by atoms with Crippen molar-refractivity contribution < 1.29 is 14.3 Å². The van der Waals surface area contributed by atoms with Crippen LogP contribution in [0.3, 0.4) is 0 Å². The molecular formula is C19H19N3O3S. The summed E-state index contributed by atoms with van der Waals surface area (Å²) in [6.45, 7) is 1.29. The summed E-state index contributed by atoms with van der Waals surface area (Å²) in [4.78, 5) is 23.2. The fraction of sp³-hybridized carbons (Fsp3) is 0.316. The Morgan fingerprint density at radius 3 is 2.77 bits per heavy atom. The van der Waals surface area contributed by atoms with Crippen molar-refractivity contribution in [1.82, 2.24) is 14.9 Å². The van der Waals surface area contributed by atoms with E-state index in [2.05, 4.69) is 9.97 Å². The van der Waals surface area contributed by atoms with E-state index in [0.29, 0.717) is 29.7 Å². The van der Waals surface area contributed by atoms with Crippen molar-refractivity contribution in [3.8, 4) is 11.1 Å². The van der Waals surface area contributed by atoms with Crippen LogP contribution in [0.5, 0.6) is 11.1 Å². The molecule has 1 aliphatic rings. The van der Waals surface area contributed by atoms with Crippen molar-refractivity contribution >= 4 is 27.5 Å². The van der Waals surface area contributed by atoms with E-state index in [1.165, 1.54) is 7.11 Å². The molecule has 0 bridgehead atoms. The van der Waals surface area contributed by atoms with Gasteiger partial charge >= 0.3 is 0 Å². The third kappa shape index (κ3) is 3.35. The zero-order valence-electron chi connectivity index (χ0n) is 14.4. The van der Waals surface area contributed by atoms with Crippen LogP contribution in [0.4, 0.5) is 0 Å². The smallest absolute Gasteiger partial charge is 0.274 e. The van der Waals surface area contributed by atoms with Crippen LogP contribution in [-0.4, -0.2) is 47.1 Å². The fourth-order valence-corrected chi connectivity index (χ4v) is 3.99. The minimum absolute atomic E-state index is 0.0478. The largest absolute Gasteiger partial charge is 0.480 e. The minimum atomic E-state index is -0.0478. The van der Waals surface area contributed by atoms with Crippen LogP contribution >= 0.6 is 11.3 Å². The van der Waals surface area contributed by atoms with Gasteiger partial charge in [0.1, 0.15) is 11.7 Å². The van der Waals surface area contributed by atoms with Crippen LogP contribution in [0.1, 0.15) is 23.2 Å². The first-order chi connectivity index (χ1) is 12.7. The van der Waals surface area contributed by atoms with Gasteiger partial charge in [-0.1, -0.05) is 23.5 Å². The van der Waals surface area contributed by atoms with E-state index in [0.717, 1.165) is 23.1 Å². The van der Waals surface area contributed by atoms with E-state index in [-0.39, 0.29) is 12.0 Å². The summed E-state index contributed by atoms with van der Waals surface area (Å²) in [6, 6.07) is 11.5. The number of carbonyl (C=O) groups is 1. The van der Waals surface area contributed by atoms with Crippen LogP contribution in [0.15, 0.2) is 42.6 Å². The Morgan fingerprint density at radius 2 is 2.00 bits per heavy atom. The van der Waals surface area contributed by atoms with Gasteiger partial charge in [-0.15, -0.1) is 0 Å². The number of aromatic nitrogens is 2. The van der Waals surface area contributed by atoms with Gasteiger partial charge < -0.3 is 14.4 Å². The molecule has 0 atom stereocenters. The molecule has 1 saturated heterocycles. The predicted molar refractivity (Wildman–Crippen MR) is 100.0 cm³/mol. The number of rotatable bonds is 4. The molecule has 0 unspecified atom stereocenters.